The number of thioether (sulfide) groups is 1. The molecule has 34 heavy (non-hydrogen) atoms. The Kier molecular flexibility index (Phi) is 7.27. The van der Waals surface area contributed by atoms with Gasteiger partial charge in [-0.3, -0.25) is 9.69 Å². The number of amides is 1. The van der Waals surface area contributed by atoms with Crippen molar-refractivity contribution >= 4 is 34.3 Å². The van der Waals surface area contributed by atoms with Gasteiger partial charge in [-0.2, -0.15) is 0 Å². The van der Waals surface area contributed by atoms with E-state index in [0.717, 1.165) is 74.2 Å². The summed E-state index contributed by atoms with van der Waals surface area (Å²) < 4.78 is 5.47. The standard InChI is InChI=1S/C26H31N5O2S/c1-20(26(32)31-13-11-30(12-14-31)21-7-3-2-4-8-21)34-25-22-9-5-6-10-23(22)27-24(28-25)19-29-15-17-33-18-16-29/h2-10,20H,11-19H2,1H3. The molecule has 3 heterocycles. The first-order valence-electron chi connectivity index (χ1n) is 12.0. The van der Waals surface area contributed by atoms with Crippen LogP contribution < -0.4 is 4.90 Å². The molecule has 0 bridgehead atoms. The van der Waals surface area contributed by atoms with Crippen molar-refractivity contribution < 1.29 is 9.53 Å². The number of fused-ring (bicyclic) bond motifs is 1. The molecule has 0 spiro atoms. The summed E-state index contributed by atoms with van der Waals surface area (Å²) >= 11 is 1.55. The van der Waals surface area contributed by atoms with Crippen LogP contribution in [0.15, 0.2) is 59.6 Å². The van der Waals surface area contributed by atoms with Gasteiger partial charge in [-0.05, 0) is 25.1 Å². The lowest BCUT2D eigenvalue weighted by atomic mass is 10.2. The van der Waals surface area contributed by atoms with E-state index in [4.69, 9.17) is 14.7 Å². The summed E-state index contributed by atoms with van der Waals surface area (Å²) in [6.45, 7) is 9.17. The molecule has 2 saturated heterocycles. The molecule has 1 unspecified atom stereocenters. The molecule has 1 atom stereocenters. The number of morpholine rings is 1. The minimum absolute atomic E-state index is 0.176. The van der Waals surface area contributed by atoms with Gasteiger partial charge in [0.15, 0.2) is 0 Å². The molecule has 0 saturated carbocycles. The van der Waals surface area contributed by atoms with Crippen LogP contribution >= 0.6 is 11.8 Å². The number of anilines is 1. The average molecular weight is 478 g/mol. The quantitative estimate of drug-likeness (QED) is 0.399. The van der Waals surface area contributed by atoms with Crippen LogP contribution in [0.5, 0.6) is 0 Å². The van der Waals surface area contributed by atoms with Crippen molar-refractivity contribution in [2.45, 2.75) is 23.7 Å². The SMILES string of the molecule is CC(Sc1nc(CN2CCOCC2)nc2ccccc12)C(=O)N1CCN(c2ccccc2)CC1. The summed E-state index contributed by atoms with van der Waals surface area (Å²) in [6, 6.07) is 18.5. The first-order chi connectivity index (χ1) is 16.7. The minimum Gasteiger partial charge on any atom is -0.379 e. The molecule has 178 valence electrons. The van der Waals surface area contributed by atoms with Crippen molar-refractivity contribution in [3.8, 4) is 0 Å². The highest BCUT2D eigenvalue weighted by molar-refractivity contribution is 8.00. The maximum Gasteiger partial charge on any atom is 0.235 e. The summed E-state index contributed by atoms with van der Waals surface area (Å²) in [4.78, 5) is 29.7. The van der Waals surface area contributed by atoms with Crippen LogP contribution in [0.2, 0.25) is 0 Å². The highest BCUT2D eigenvalue weighted by atomic mass is 32.2. The topological polar surface area (TPSA) is 61.8 Å². The highest BCUT2D eigenvalue weighted by Crippen LogP contribution is 2.30. The van der Waals surface area contributed by atoms with Gasteiger partial charge in [0.25, 0.3) is 0 Å². The van der Waals surface area contributed by atoms with E-state index in [9.17, 15) is 4.79 Å². The number of rotatable bonds is 6. The molecule has 5 rings (SSSR count). The van der Waals surface area contributed by atoms with Crippen LogP contribution in [-0.2, 0) is 16.1 Å². The van der Waals surface area contributed by atoms with Gasteiger partial charge in [0, 0.05) is 50.3 Å². The predicted molar refractivity (Wildman–Crippen MR) is 136 cm³/mol. The second-order valence-corrected chi connectivity index (χ2v) is 10.1. The van der Waals surface area contributed by atoms with E-state index in [2.05, 4.69) is 34.1 Å². The van der Waals surface area contributed by atoms with Crippen molar-refractivity contribution in [2.24, 2.45) is 0 Å². The zero-order chi connectivity index (χ0) is 23.3. The van der Waals surface area contributed by atoms with E-state index in [-0.39, 0.29) is 11.2 Å². The number of aromatic nitrogens is 2. The Bertz CT molecular complexity index is 1110. The number of benzene rings is 2. The third-order valence-corrected chi connectivity index (χ3v) is 7.52. The van der Waals surface area contributed by atoms with Gasteiger partial charge in [-0.15, -0.1) is 0 Å². The molecule has 0 aliphatic carbocycles. The van der Waals surface area contributed by atoms with Crippen molar-refractivity contribution in [3.05, 3.63) is 60.4 Å². The Balaban J connectivity index is 1.27. The van der Waals surface area contributed by atoms with Crippen LogP contribution in [0.1, 0.15) is 12.7 Å². The molecular formula is C26H31N5O2S. The maximum absolute atomic E-state index is 13.3. The molecule has 1 aromatic heterocycles. The van der Waals surface area contributed by atoms with E-state index in [1.54, 1.807) is 11.8 Å². The lowest BCUT2D eigenvalue weighted by Gasteiger charge is -2.37. The van der Waals surface area contributed by atoms with Gasteiger partial charge in [0.05, 0.1) is 30.5 Å². The van der Waals surface area contributed by atoms with Crippen LogP contribution in [0.4, 0.5) is 5.69 Å². The van der Waals surface area contributed by atoms with Gasteiger partial charge in [-0.25, -0.2) is 9.97 Å². The summed E-state index contributed by atoms with van der Waals surface area (Å²) in [5, 5.41) is 1.68. The van der Waals surface area contributed by atoms with E-state index in [1.165, 1.54) is 5.69 Å². The molecule has 2 fully saturated rings. The van der Waals surface area contributed by atoms with Crippen molar-refractivity contribution in [3.63, 3.8) is 0 Å². The molecule has 0 N–H and O–H groups in total. The van der Waals surface area contributed by atoms with E-state index in [1.807, 2.05) is 42.2 Å². The third kappa shape index (κ3) is 5.35. The molecule has 2 aromatic carbocycles. The molecule has 1 amide bonds. The summed E-state index contributed by atoms with van der Waals surface area (Å²) in [6.07, 6.45) is 0. The second kappa shape index (κ2) is 10.7. The number of carbonyl (C=O) groups is 1. The van der Waals surface area contributed by atoms with Gasteiger partial charge in [0.1, 0.15) is 10.9 Å². The lowest BCUT2D eigenvalue weighted by molar-refractivity contribution is -0.130. The zero-order valence-corrected chi connectivity index (χ0v) is 20.4. The third-order valence-electron chi connectivity index (χ3n) is 6.43. The Morgan fingerprint density at radius 1 is 0.941 bits per heavy atom. The second-order valence-electron chi connectivity index (χ2n) is 8.76. The first-order valence-corrected chi connectivity index (χ1v) is 12.9. The minimum atomic E-state index is -0.210. The van der Waals surface area contributed by atoms with Gasteiger partial charge < -0.3 is 14.5 Å². The van der Waals surface area contributed by atoms with Crippen LogP contribution in [0.3, 0.4) is 0 Å². The van der Waals surface area contributed by atoms with Gasteiger partial charge >= 0.3 is 0 Å². The molecular weight excluding hydrogens is 446 g/mol. The van der Waals surface area contributed by atoms with E-state index < -0.39 is 0 Å². The monoisotopic (exact) mass is 477 g/mol. The number of hydrogen-bond acceptors (Lipinski definition) is 7. The number of para-hydroxylation sites is 2. The Labute approximate surface area is 205 Å². The average Bonchev–Trinajstić information content (AvgIpc) is 2.89. The molecule has 2 aliphatic heterocycles. The number of hydrogen-bond donors (Lipinski definition) is 0. The molecule has 8 heteroatoms. The lowest BCUT2D eigenvalue weighted by Crippen LogP contribution is -2.50. The normalized spacial score (nSPS) is 18.3. The number of carbonyl (C=O) groups excluding carboxylic acids is 1. The van der Waals surface area contributed by atoms with Gasteiger partial charge in [-0.1, -0.05) is 48.2 Å². The van der Waals surface area contributed by atoms with Crippen molar-refractivity contribution in [2.75, 3.05) is 57.4 Å². The summed E-state index contributed by atoms with van der Waals surface area (Å²) in [5.74, 6) is 0.981. The number of nitrogens with zero attached hydrogens (tertiary/aromatic N) is 5. The fourth-order valence-electron chi connectivity index (χ4n) is 4.51. The smallest absolute Gasteiger partial charge is 0.235 e. The van der Waals surface area contributed by atoms with Crippen LogP contribution in [0, 0.1) is 0 Å². The van der Waals surface area contributed by atoms with E-state index in [0.29, 0.717) is 6.54 Å². The van der Waals surface area contributed by atoms with Gasteiger partial charge in [0.2, 0.25) is 5.91 Å². The van der Waals surface area contributed by atoms with Crippen molar-refractivity contribution in [1.29, 1.82) is 0 Å². The Morgan fingerprint density at radius 2 is 1.65 bits per heavy atom. The van der Waals surface area contributed by atoms with E-state index >= 15 is 0 Å². The number of piperazine rings is 1. The predicted octanol–water partition coefficient (Wildman–Crippen LogP) is 3.29. The zero-order valence-electron chi connectivity index (χ0n) is 19.6. The maximum atomic E-state index is 13.3. The summed E-state index contributed by atoms with van der Waals surface area (Å²) in [7, 11) is 0. The Morgan fingerprint density at radius 3 is 2.41 bits per heavy atom. The molecule has 0 radical (unpaired) electrons. The fraction of sp³-hybridized carbons (Fsp3) is 0.423. The van der Waals surface area contributed by atoms with Crippen LogP contribution in [0.25, 0.3) is 10.9 Å². The van der Waals surface area contributed by atoms with Crippen LogP contribution in [-0.4, -0.2) is 83.4 Å². The largest absolute Gasteiger partial charge is 0.379 e. The number of ether oxygens (including phenoxy) is 1. The summed E-state index contributed by atoms with van der Waals surface area (Å²) in [5.41, 5.74) is 2.15. The molecule has 7 nitrogen and oxygen atoms in total. The molecule has 3 aromatic rings. The fourth-order valence-corrected chi connectivity index (χ4v) is 5.55. The molecule has 2 aliphatic rings. The highest BCUT2D eigenvalue weighted by Gasteiger charge is 2.27. The Hall–Kier alpha value is -2.68. The first kappa shape index (κ1) is 23.1. The van der Waals surface area contributed by atoms with Crippen molar-refractivity contribution in [1.82, 2.24) is 19.8 Å².